The first-order chi connectivity index (χ1) is 16.7. The number of halogens is 8. The summed E-state index contributed by atoms with van der Waals surface area (Å²) in [5, 5.41) is -5.02. The summed E-state index contributed by atoms with van der Waals surface area (Å²) < 4.78 is 150. The summed E-state index contributed by atoms with van der Waals surface area (Å²) in [6, 6.07) is 0. The van der Waals surface area contributed by atoms with Crippen LogP contribution in [0.2, 0.25) is 0 Å². The summed E-state index contributed by atoms with van der Waals surface area (Å²) in [6.07, 6.45) is -12.3. The standard InChI is InChI=1S/C20H24F8O8S/c21-17(22,23)1-3-34-15(30)19(20(26,27)28,35-4-2-18(24,25)37(31,32)33)36-14(29)16-8-11-5-12(9-16)7-13(6-11)10-16/h11-13H,1-10H2,(H,31,32,33). The minimum atomic E-state index is -6.10. The largest absolute Gasteiger partial charge is 0.468 e. The monoisotopic (exact) mass is 576 g/mol. The molecule has 0 aromatic heterocycles. The van der Waals surface area contributed by atoms with Crippen molar-refractivity contribution in [3.05, 3.63) is 0 Å². The second-order valence-electron chi connectivity index (χ2n) is 9.91. The summed E-state index contributed by atoms with van der Waals surface area (Å²) >= 11 is 0. The molecule has 0 radical (unpaired) electrons. The van der Waals surface area contributed by atoms with Gasteiger partial charge in [-0.1, -0.05) is 0 Å². The number of carbonyl (C=O) groups excluding carboxylic acids is 2. The van der Waals surface area contributed by atoms with Crippen LogP contribution in [0.3, 0.4) is 0 Å². The van der Waals surface area contributed by atoms with Crippen molar-refractivity contribution in [2.24, 2.45) is 23.2 Å². The van der Waals surface area contributed by atoms with Crippen molar-refractivity contribution in [1.29, 1.82) is 0 Å². The molecule has 4 rings (SSSR count). The first-order valence-electron chi connectivity index (χ1n) is 11.2. The van der Waals surface area contributed by atoms with Gasteiger partial charge >= 0.3 is 45.5 Å². The number of rotatable bonds is 10. The molecule has 1 atom stereocenters. The third-order valence-corrected chi connectivity index (χ3v) is 8.00. The molecule has 0 spiro atoms. The van der Waals surface area contributed by atoms with E-state index in [0.717, 1.165) is 19.3 Å². The van der Waals surface area contributed by atoms with Gasteiger partial charge < -0.3 is 14.2 Å². The van der Waals surface area contributed by atoms with Crippen molar-refractivity contribution >= 4 is 22.1 Å². The second kappa shape index (κ2) is 9.77. The van der Waals surface area contributed by atoms with Gasteiger partial charge in [0.1, 0.15) is 6.61 Å². The fourth-order valence-corrected chi connectivity index (χ4v) is 6.12. The van der Waals surface area contributed by atoms with E-state index < -0.39 is 76.9 Å². The van der Waals surface area contributed by atoms with Gasteiger partial charge in [0.25, 0.3) is 0 Å². The number of hydrogen-bond acceptors (Lipinski definition) is 7. The zero-order valence-electron chi connectivity index (χ0n) is 19.0. The van der Waals surface area contributed by atoms with Gasteiger partial charge in [-0.05, 0) is 56.3 Å². The highest BCUT2D eigenvalue weighted by atomic mass is 32.2. The van der Waals surface area contributed by atoms with Crippen LogP contribution < -0.4 is 0 Å². The van der Waals surface area contributed by atoms with Crippen molar-refractivity contribution in [2.45, 2.75) is 74.8 Å². The van der Waals surface area contributed by atoms with Crippen LogP contribution in [-0.4, -0.2) is 61.5 Å². The number of hydrogen-bond donors (Lipinski definition) is 1. The lowest BCUT2D eigenvalue weighted by Crippen LogP contribution is -2.61. The molecule has 1 unspecified atom stereocenters. The van der Waals surface area contributed by atoms with E-state index in [1.807, 2.05) is 0 Å². The maximum atomic E-state index is 14.2. The molecular formula is C20H24F8O8S. The fraction of sp³-hybridized carbons (Fsp3) is 0.900. The van der Waals surface area contributed by atoms with E-state index in [-0.39, 0.29) is 37.0 Å². The molecule has 4 bridgehead atoms. The number of alkyl halides is 8. The van der Waals surface area contributed by atoms with Crippen molar-refractivity contribution in [1.82, 2.24) is 0 Å². The van der Waals surface area contributed by atoms with E-state index in [1.54, 1.807) is 0 Å². The molecule has 8 nitrogen and oxygen atoms in total. The summed E-state index contributed by atoms with van der Waals surface area (Å²) in [5.74, 6) is -8.93. The second-order valence-corrected chi connectivity index (χ2v) is 11.5. The summed E-state index contributed by atoms with van der Waals surface area (Å²) in [6.45, 7) is -3.56. The van der Waals surface area contributed by atoms with Gasteiger partial charge in [-0.25, -0.2) is 4.79 Å². The van der Waals surface area contributed by atoms with E-state index in [4.69, 9.17) is 4.55 Å². The lowest BCUT2D eigenvalue weighted by Gasteiger charge is -2.55. The number of esters is 2. The van der Waals surface area contributed by atoms with E-state index in [9.17, 15) is 53.1 Å². The third kappa shape index (κ3) is 6.29. The fourth-order valence-electron chi connectivity index (χ4n) is 5.78. The number of ether oxygens (including phenoxy) is 3. The molecule has 0 heterocycles. The molecule has 4 saturated carbocycles. The molecule has 17 heteroatoms. The molecule has 1 N–H and O–H groups in total. The Morgan fingerprint density at radius 3 is 1.73 bits per heavy atom. The Morgan fingerprint density at radius 1 is 0.838 bits per heavy atom. The van der Waals surface area contributed by atoms with Crippen LogP contribution in [0.4, 0.5) is 35.1 Å². The Bertz CT molecular complexity index is 958. The molecule has 0 aromatic rings. The molecule has 214 valence electrons. The van der Waals surface area contributed by atoms with Crippen LogP contribution in [0.15, 0.2) is 0 Å². The van der Waals surface area contributed by atoms with Crippen LogP contribution in [-0.2, 0) is 33.9 Å². The van der Waals surface area contributed by atoms with Crippen molar-refractivity contribution in [3.8, 4) is 0 Å². The minimum Gasteiger partial charge on any atom is -0.460 e. The predicted molar refractivity (Wildman–Crippen MR) is 104 cm³/mol. The van der Waals surface area contributed by atoms with Crippen molar-refractivity contribution < 1.29 is 71.9 Å². The minimum absolute atomic E-state index is 0.00666. The van der Waals surface area contributed by atoms with Crippen molar-refractivity contribution in [2.75, 3.05) is 13.2 Å². The topological polar surface area (TPSA) is 116 Å². The molecule has 0 amide bonds. The van der Waals surface area contributed by atoms with E-state index in [0.29, 0.717) is 0 Å². The Morgan fingerprint density at radius 2 is 1.32 bits per heavy atom. The molecule has 0 aliphatic heterocycles. The summed E-state index contributed by atoms with van der Waals surface area (Å²) in [5.41, 5.74) is -1.45. The molecule has 37 heavy (non-hydrogen) atoms. The molecule has 0 aromatic carbocycles. The molecular weight excluding hydrogens is 552 g/mol. The first-order valence-corrected chi connectivity index (χ1v) is 12.7. The Balaban J connectivity index is 1.89. The normalized spacial score (nSPS) is 29.6. The van der Waals surface area contributed by atoms with Gasteiger partial charge in [-0.3, -0.25) is 9.35 Å². The lowest BCUT2D eigenvalue weighted by atomic mass is 9.49. The average molecular weight is 576 g/mol. The van der Waals surface area contributed by atoms with Crippen LogP contribution in [0, 0.1) is 23.2 Å². The van der Waals surface area contributed by atoms with E-state index in [2.05, 4.69) is 14.2 Å². The third-order valence-electron chi connectivity index (χ3n) is 7.04. The Labute approximate surface area is 205 Å². The van der Waals surface area contributed by atoms with Gasteiger partial charge in [0, 0.05) is 0 Å². The lowest BCUT2D eigenvalue weighted by molar-refractivity contribution is -0.360. The quantitative estimate of drug-likeness (QED) is 0.176. The molecule has 0 saturated heterocycles. The maximum absolute atomic E-state index is 14.2. The van der Waals surface area contributed by atoms with Crippen molar-refractivity contribution in [3.63, 3.8) is 0 Å². The van der Waals surface area contributed by atoms with Gasteiger partial charge in [-0.15, -0.1) is 0 Å². The van der Waals surface area contributed by atoms with Gasteiger partial charge in [0.15, 0.2) is 0 Å². The van der Waals surface area contributed by atoms with E-state index >= 15 is 0 Å². The SMILES string of the molecule is O=C(OC(OCCC(F)(F)S(=O)(=O)O)(C(=O)OCCC(F)(F)F)C(F)(F)F)C12CC3CC(CC(C3)C1)C2. The van der Waals surface area contributed by atoms with Gasteiger partial charge in [0.05, 0.1) is 24.9 Å². The summed E-state index contributed by atoms with van der Waals surface area (Å²) in [7, 11) is -6.10. The van der Waals surface area contributed by atoms with Crippen LogP contribution >= 0.6 is 0 Å². The van der Waals surface area contributed by atoms with Crippen LogP contribution in [0.1, 0.15) is 51.4 Å². The Kier molecular flexibility index (Phi) is 7.87. The van der Waals surface area contributed by atoms with Gasteiger partial charge in [0.2, 0.25) is 0 Å². The average Bonchev–Trinajstić information content (AvgIpc) is 2.69. The highest BCUT2D eigenvalue weighted by molar-refractivity contribution is 7.86. The van der Waals surface area contributed by atoms with E-state index in [1.165, 1.54) is 0 Å². The highest BCUT2D eigenvalue weighted by Gasteiger charge is 2.70. The van der Waals surface area contributed by atoms with Crippen LogP contribution in [0.5, 0.6) is 0 Å². The zero-order valence-corrected chi connectivity index (χ0v) is 19.9. The summed E-state index contributed by atoms with van der Waals surface area (Å²) in [4.78, 5) is 25.6. The zero-order chi connectivity index (χ0) is 28.1. The van der Waals surface area contributed by atoms with Gasteiger partial charge in [-0.2, -0.15) is 43.5 Å². The first kappa shape index (κ1) is 29.8. The molecule has 4 aliphatic carbocycles. The predicted octanol–water partition coefficient (Wildman–Crippen LogP) is 4.39. The smallest absolute Gasteiger partial charge is 0.460 e. The maximum Gasteiger partial charge on any atom is 0.468 e. The molecule has 4 fully saturated rings. The molecule has 4 aliphatic rings. The number of carbonyl (C=O) groups is 2. The van der Waals surface area contributed by atoms with Crippen LogP contribution in [0.25, 0.3) is 0 Å². The Hall–Kier alpha value is -1.75. The highest BCUT2D eigenvalue weighted by Crippen LogP contribution is 2.61.